The summed E-state index contributed by atoms with van der Waals surface area (Å²) < 4.78 is 26.1. The third kappa shape index (κ3) is 4.53. The molecule has 0 fully saturated rings. The lowest BCUT2D eigenvalue weighted by Gasteiger charge is -2.31. The summed E-state index contributed by atoms with van der Waals surface area (Å²) in [5, 5.41) is 0.320. The zero-order chi connectivity index (χ0) is 16.2. The lowest BCUT2D eigenvalue weighted by atomic mass is 9.89. The molecule has 4 nitrogen and oxygen atoms in total. The maximum atomic E-state index is 12.9. The molecule has 0 saturated heterocycles. The fourth-order valence-corrected chi connectivity index (χ4v) is 1.94. The average Bonchev–Trinajstić information content (AvgIpc) is 2.98. The van der Waals surface area contributed by atoms with Crippen molar-refractivity contribution < 1.29 is 13.9 Å². The van der Waals surface area contributed by atoms with Gasteiger partial charge in [-0.3, -0.25) is 4.57 Å². The van der Waals surface area contributed by atoms with Crippen molar-refractivity contribution in [1.29, 1.82) is 0 Å². The van der Waals surface area contributed by atoms with E-state index in [-0.39, 0.29) is 17.3 Å². The first-order valence-corrected chi connectivity index (χ1v) is 7.34. The largest absolute Gasteiger partial charge is 0.490 e. The SMILES string of the molecule is CC(C)(C)C(COc1ccc(F)cc1)OC(=S)n1ccnc1. The molecule has 22 heavy (non-hydrogen) atoms. The molecule has 0 bridgehead atoms. The van der Waals surface area contributed by atoms with Crippen LogP contribution in [-0.4, -0.2) is 27.4 Å². The van der Waals surface area contributed by atoms with Crippen molar-refractivity contribution in [3.05, 3.63) is 48.8 Å². The van der Waals surface area contributed by atoms with Crippen LogP contribution >= 0.6 is 12.2 Å². The molecule has 1 aromatic carbocycles. The lowest BCUT2D eigenvalue weighted by molar-refractivity contribution is 0.0321. The van der Waals surface area contributed by atoms with Crippen LogP contribution in [-0.2, 0) is 4.74 Å². The second kappa shape index (κ2) is 6.87. The van der Waals surface area contributed by atoms with Crippen LogP contribution in [0.5, 0.6) is 5.75 Å². The Kier molecular flexibility index (Phi) is 5.13. The third-order valence-corrected chi connectivity index (χ3v) is 3.45. The topological polar surface area (TPSA) is 36.3 Å². The quantitative estimate of drug-likeness (QED) is 0.805. The van der Waals surface area contributed by atoms with Crippen LogP contribution in [0.3, 0.4) is 0 Å². The van der Waals surface area contributed by atoms with Crippen molar-refractivity contribution >= 4 is 17.4 Å². The summed E-state index contributed by atoms with van der Waals surface area (Å²) in [6.45, 7) is 6.44. The first-order valence-electron chi connectivity index (χ1n) is 6.93. The van der Waals surface area contributed by atoms with Crippen molar-refractivity contribution in [2.24, 2.45) is 5.41 Å². The summed E-state index contributed by atoms with van der Waals surface area (Å²) in [7, 11) is 0. The van der Waals surface area contributed by atoms with Gasteiger partial charge in [0.25, 0.3) is 5.17 Å². The van der Waals surface area contributed by atoms with Gasteiger partial charge >= 0.3 is 0 Å². The molecule has 1 heterocycles. The number of hydrogen-bond acceptors (Lipinski definition) is 4. The fraction of sp³-hybridized carbons (Fsp3) is 0.375. The van der Waals surface area contributed by atoms with E-state index >= 15 is 0 Å². The minimum atomic E-state index is -0.294. The average molecular weight is 322 g/mol. The van der Waals surface area contributed by atoms with E-state index in [4.69, 9.17) is 21.7 Å². The van der Waals surface area contributed by atoms with Crippen molar-refractivity contribution in [2.75, 3.05) is 6.61 Å². The Morgan fingerprint density at radius 2 is 2.00 bits per heavy atom. The van der Waals surface area contributed by atoms with Gasteiger partial charge in [0.05, 0.1) is 0 Å². The van der Waals surface area contributed by atoms with E-state index in [2.05, 4.69) is 4.98 Å². The number of halogens is 1. The minimum Gasteiger partial charge on any atom is -0.490 e. The van der Waals surface area contributed by atoms with Crippen molar-refractivity contribution in [3.63, 3.8) is 0 Å². The second-order valence-corrected chi connectivity index (χ2v) is 6.32. The highest BCUT2D eigenvalue weighted by molar-refractivity contribution is 7.80. The Balaban J connectivity index is 2.00. The number of ether oxygens (including phenoxy) is 2. The first-order chi connectivity index (χ1) is 10.4. The monoisotopic (exact) mass is 322 g/mol. The van der Waals surface area contributed by atoms with Gasteiger partial charge < -0.3 is 9.47 Å². The van der Waals surface area contributed by atoms with Gasteiger partial charge in [0.1, 0.15) is 30.6 Å². The predicted molar refractivity (Wildman–Crippen MR) is 86.4 cm³/mol. The second-order valence-electron chi connectivity index (χ2n) is 5.97. The molecule has 0 aliphatic carbocycles. The molecule has 0 saturated carbocycles. The third-order valence-electron chi connectivity index (χ3n) is 3.14. The molecule has 2 rings (SSSR count). The van der Waals surface area contributed by atoms with Crippen LogP contribution in [0, 0.1) is 11.2 Å². The molecule has 1 aromatic heterocycles. The Hall–Kier alpha value is -1.95. The standard InChI is InChI=1S/C16H19FN2O2S/c1-16(2,3)14(21-15(22)19-9-8-18-11-19)10-20-13-6-4-12(17)5-7-13/h4-9,11,14H,10H2,1-3H3. The lowest BCUT2D eigenvalue weighted by Crippen LogP contribution is -2.37. The molecular formula is C16H19FN2O2S. The fourth-order valence-electron chi connectivity index (χ4n) is 1.71. The van der Waals surface area contributed by atoms with Gasteiger partial charge in [-0.25, -0.2) is 9.37 Å². The van der Waals surface area contributed by atoms with E-state index in [1.807, 2.05) is 20.8 Å². The predicted octanol–water partition coefficient (Wildman–Crippen LogP) is 3.67. The summed E-state index contributed by atoms with van der Waals surface area (Å²) in [6.07, 6.45) is 4.69. The summed E-state index contributed by atoms with van der Waals surface area (Å²) in [5.41, 5.74) is -0.176. The van der Waals surface area contributed by atoms with E-state index in [1.165, 1.54) is 12.1 Å². The number of imidazole rings is 1. The number of benzene rings is 1. The molecule has 1 unspecified atom stereocenters. The summed E-state index contributed by atoms with van der Waals surface area (Å²) in [4.78, 5) is 3.94. The van der Waals surface area contributed by atoms with Gasteiger partial charge in [0.15, 0.2) is 0 Å². The van der Waals surface area contributed by atoms with E-state index in [0.717, 1.165) is 0 Å². The minimum absolute atomic E-state index is 0.176. The van der Waals surface area contributed by atoms with Gasteiger partial charge in [-0.1, -0.05) is 20.8 Å². The zero-order valence-corrected chi connectivity index (χ0v) is 13.6. The molecule has 2 aromatic rings. The van der Waals surface area contributed by atoms with Crippen molar-refractivity contribution in [1.82, 2.24) is 9.55 Å². The van der Waals surface area contributed by atoms with Crippen LogP contribution < -0.4 is 4.74 Å². The molecule has 0 aliphatic heterocycles. The van der Waals surface area contributed by atoms with Crippen LogP contribution in [0.25, 0.3) is 0 Å². The van der Waals surface area contributed by atoms with E-state index < -0.39 is 0 Å². The molecule has 0 radical (unpaired) electrons. The van der Waals surface area contributed by atoms with Gasteiger partial charge in [-0.2, -0.15) is 0 Å². The van der Waals surface area contributed by atoms with Gasteiger partial charge in [0, 0.05) is 17.8 Å². The molecule has 0 aliphatic rings. The highest BCUT2D eigenvalue weighted by atomic mass is 32.1. The first kappa shape index (κ1) is 16.4. The molecule has 0 spiro atoms. The van der Waals surface area contributed by atoms with Crippen molar-refractivity contribution in [2.45, 2.75) is 26.9 Å². The van der Waals surface area contributed by atoms with E-state index in [0.29, 0.717) is 17.5 Å². The Bertz CT molecular complexity index is 606. The van der Waals surface area contributed by atoms with Crippen LogP contribution in [0.1, 0.15) is 20.8 Å². The van der Waals surface area contributed by atoms with Crippen LogP contribution in [0.15, 0.2) is 43.0 Å². The van der Waals surface area contributed by atoms with Gasteiger partial charge in [-0.05, 0) is 36.5 Å². The highest BCUT2D eigenvalue weighted by Crippen LogP contribution is 2.24. The molecule has 0 N–H and O–H groups in total. The summed E-state index contributed by atoms with van der Waals surface area (Å²) >= 11 is 5.26. The van der Waals surface area contributed by atoms with E-state index in [9.17, 15) is 4.39 Å². The van der Waals surface area contributed by atoms with Gasteiger partial charge in [0.2, 0.25) is 0 Å². The number of aromatic nitrogens is 2. The number of nitrogens with zero attached hydrogens (tertiary/aromatic N) is 2. The summed E-state index contributed by atoms with van der Waals surface area (Å²) in [6, 6.07) is 5.89. The maximum Gasteiger partial charge on any atom is 0.269 e. The Morgan fingerprint density at radius 1 is 1.32 bits per heavy atom. The Morgan fingerprint density at radius 3 is 2.55 bits per heavy atom. The Labute approximate surface area is 134 Å². The van der Waals surface area contributed by atoms with Crippen molar-refractivity contribution in [3.8, 4) is 5.75 Å². The smallest absolute Gasteiger partial charge is 0.269 e. The van der Waals surface area contributed by atoms with Crippen LogP contribution in [0.4, 0.5) is 4.39 Å². The van der Waals surface area contributed by atoms with Crippen LogP contribution in [0.2, 0.25) is 0 Å². The molecule has 6 heteroatoms. The molecular weight excluding hydrogens is 303 g/mol. The maximum absolute atomic E-state index is 12.9. The number of thiocarbonyl (C=S) groups is 1. The molecule has 118 valence electrons. The summed E-state index contributed by atoms with van der Waals surface area (Å²) in [5.74, 6) is 0.296. The highest BCUT2D eigenvalue weighted by Gasteiger charge is 2.28. The number of rotatable bonds is 4. The van der Waals surface area contributed by atoms with E-state index in [1.54, 1.807) is 35.4 Å². The number of hydrogen-bond donors (Lipinski definition) is 0. The molecule has 0 amide bonds. The zero-order valence-electron chi connectivity index (χ0n) is 12.8. The van der Waals surface area contributed by atoms with Gasteiger partial charge in [-0.15, -0.1) is 0 Å². The normalized spacial score (nSPS) is 12.7. The molecule has 1 atom stereocenters.